The van der Waals surface area contributed by atoms with Crippen molar-refractivity contribution >= 4 is 35.4 Å². The Morgan fingerprint density at radius 3 is 2.71 bits per heavy atom. The lowest BCUT2D eigenvalue weighted by Gasteiger charge is -2.21. The summed E-state index contributed by atoms with van der Waals surface area (Å²) in [6.07, 6.45) is 1.98. The number of hydrogen-bond acceptors (Lipinski definition) is 6. The van der Waals surface area contributed by atoms with Crippen LogP contribution in [-0.2, 0) is 9.53 Å². The van der Waals surface area contributed by atoms with Gasteiger partial charge in [0.15, 0.2) is 5.16 Å². The Bertz CT molecular complexity index is 859. The second-order valence-corrected chi connectivity index (χ2v) is 7.75. The van der Waals surface area contributed by atoms with Crippen LogP contribution in [0.4, 0.5) is 4.79 Å². The summed E-state index contributed by atoms with van der Waals surface area (Å²) in [5.74, 6) is 0.254. The van der Waals surface area contributed by atoms with E-state index in [1.54, 1.807) is 16.1 Å². The van der Waals surface area contributed by atoms with Crippen molar-refractivity contribution in [1.29, 1.82) is 0 Å². The SMILES string of the molecule is COC(=O)N1CCCN(C(=O)CSc2nncn2-c2ccc(C)c(Cl)c2)CC1. The predicted molar refractivity (Wildman–Crippen MR) is 107 cm³/mol. The molecule has 0 atom stereocenters. The van der Waals surface area contributed by atoms with Gasteiger partial charge in [0.25, 0.3) is 0 Å². The summed E-state index contributed by atoms with van der Waals surface area (Å²) in [7, 11) is 1.37. The van der Waals surface area contributed by atoms with Crippen LogP contribution in [0.5, 0.6) is 0 Å². The quantitative estimate of drug-likeness (QED) is 0.703. The van der Waals surface area contributed by atoms with Gasteiger partial charge in [0, 0.05) is 31.2 Å². The lowest BCUT2D eigenvalue weighted by Crippen LogP contribution is -2.38. The van der Waals surface area contributed by atoms with E-state index in [0.717, 1.165) is 17.7 Å². The summed E-state index contributed by atoms with van der Waals surface area (Å²) in [5.41, 5.74) is 1.84. The van der Waals surface area contributed by atoms with Crippen molar-refractivity contribution in [2.45, 2.75) is 18.5 Å². The molecule has 0 spiro atoms. The number of ether oxygens (including phenoxy) is 1. The number of carbonyl (C=O) groups is 2. The molecule has 28 heavy (non-hydrogen) atoms. The first-order valence-electron chi connectivity index (χ1n) is 8.89. The molecule has 2 amide bonds. The first kappa shape index (κ1) is 20.5. The number of hydrogen-bond donors (Lipinski definition) is 0. The molecule has 1 aromatic heterocycles. The summed E-state index contributed by atoms with van der Waals surface area (Å²) in [4.78, 5) is 27.7. The van der Waals surface area contributed by atoms with Gasteiger partial charge in [-0.3, -0.25) is 9.36 Å². The van der Waals surface area contributed by atoms with Gasteiger partial charge in [-0.25, -0.2) is 4.79 Å². The average molecular weight is 424 g/mol. The van der Waals surface area contributed by atoms with E-state index in [2.05, 4.69) is 10.2 Å². The van der Waals surface area contributed by atoms with Gasteiger partial charge in [0.2, 0.25) is 5.91 Å². The van der Waals surface area contributed by atoms with E-state index in [9.17, 15) is 9.59 Å². The average Bonchev–Trinajstić information content (AvgIpc) is 3.02. The molecule has 1 fully saturated rings. The maximum Gasteiger partial charge on any atom is 0.409 e. The molecule has 0 unspecified atom stereocenters. The lowest BCUT2D eigenvalue weighted by molar-refractivity contribution is -0.128. The maximum atomic E-state index is 12.6. The van der Waals surface area contributed by atoms with Gasteiger partial charge in [0.05, 0.1) is 18.6 Å². The lowest BCUT2D eigenvalue weighted by atomic mass is 10.2. The molecule has 0 aliphatic carbocycles. The Morgan fingerprint density at radius 1 is 1.21 bits per heavy atom. The summed E-state index contributed by atoms with van der Waals surface area (Å²) in [6.45, 7) is 4.12. The molecule has 150 valence electrons. The van der Waals surface area contributed by atoms with Gasteiger partial charge in [-0.2, -0.15) is 0 Å². The fourth-order valence-electron chi connectivity index (χ4n) is 2.93. The Morgan fingerprint density at radius 2 is 1.96 bits per heavy atom. The third-order valence-electron chi connectivity index (χ3n) is 4.56. The number of methoxy groups -OCH3 is 1. The van der Waals surface area contributed by atoms with Gasteiger partial charge in [-0.1, -0.05) is 29.4 Å². The molecular weight excluding hydrogens is 402 g/mol. The molecule has 8 nitrogen and oxygen atoms in total. The third-order valence-corrected chi connectivity index (χ3v) is 5.89. The van der Waals surface area contributed by atoms with E-state index in [0.29, 0.717) is 36.4 Å². The summed E-state index contributed by atoms with van der Waals surface area (Å²) in [5, 5.41) is 9.37. The van der Waals surface area contributed by atoms with E-state index in [-0.39, 0.29) is 17.8 Å². The zero-order valence-corrected chi connectivity index (χ0v) is 17.4. The van der Waals surface area contributed by atoms with E-state index in [1.165, 1.54) is 18.9 Å². The second kappa shape index (κ2) is 9.29. The molecule has 2 aromatic rings. The number of carbonyl (C=O) groups excluding carboxylic acids is 2. The predicted octanol–water partition coefficient (Wildman–Crippen LogP) is 2.62. The second-order valence-electron chi connectivity index (χ2n) is 6.40. The maximum absolute atomic E-state index is 12.6. The van der Waals surface area contributed by atoms with Crippen molar-refractivity contribution < 1.29 is 14.3 Å². The number of aryl methyl sites for hydroxylation is 1. The number of halogens is 1. The molecular formula is C18H22ClN5O3S. The van der Waals surface area contributed by atoms with Gasteiger partial charge in [-0.05, 0) is 31.0 Å². The summed E-state index contributed by atoms with van der Waals surface area (Å²) in [6, 6.07) is 5.72. The number of rotatable bonds is 4. The number of thioether (sulfide) groups is 1. The Labute approximate surface area is 172 Å². The van der Waals surface area contributed by atoms with Gasteiger partial charge in [-0.15, -0.1) is 10.2 Å². The topological polar surface area (TPSA) is 80.6 Å². The Hall–Kier alpha value is -2.26. The van der Waals surface area contributed by atoms with Crippen LogP contribution in [0, 0.1) is 6.92 Å². The van der Waals surface area contributed by atoms with Crippen LogP contribution in [0.15, 0.2) is 29.7 Å². The van der Waals surface area contributed by atoms with Crippen LogP contribution in [0.3, 0.4) is 0 Å². The van der Waals surface area contributed by atoms with Crippen molar-refractivity contribution in [2.24, 2.45) is 0 Å². The molecule has 2 heterocycles. The first-order valence-corrected chi connectivity index (χ1v) is 10.3. The Balaban J connectivity index is 1.60. The molecule has 0 radical (unpaired) electrons. The molecule has 1 aliphatic rings. The first-order chi connectivity index (χ1) is 13.5. The molecule has 1 saturated heterocycles. The van der Waals surface area contributed by atoms with E-state index in [1.807, 2.05) is 29.7 Å². The standard InChI is InChI=1S/C18H22ClN5O3S/c1-13-4-5-14(10-15(13)19)24-12-20-21-17(24)28-11-16(25)22-6-3-7-23(9-8-22)18(26)27-2/h4-5,10,12H,3,6-9,11H2,1-2H3. The van der Waals surface area contributed by atoms with Gasteiger partial charge >= 0.3 is 6.09 Å². The van der Waals surface area contributed by atoms with Crippen molar-refractivity contribution in [1.82, 2.24) is 24.6 Å². The largest absolute Gasteiger partial charge is 0.453 e. The van der Waals surface area contributed by atoms with E-state index >= 15 is 0 Å². The normalized spacial score (nSPS) is 14.7. The minimum absolute atomic E-state index is 0.00760. The van der Waals surface area contributed by atoms with E-state index in [4.69, 9.17) is 16.3 Å². The molecule has 3 rings (SSSR count). The highest BCUT2D eigenvalue weighted by atomic mass is 35.5. The third kappa shape index (κ3) is 4.77. The van der Waals surface area contributed by atoms with Crippen LogP contribution in [0.2, 0.25) is 5.02 Å². The number of amides is 2. The minimum atomic E-state index is -0.353. The fourth-order valence-corrected chi connectivity index (χ4v) is 3.93. The fraction of sp³-hybridized carbons (Fsp3) is 0.444. The zero-order chi connectivity index (χ0) is 20.1. The number of benzene rings is 1. The highest BCUT2D eigenvalue weighted by Crippen LogP contribution is 2.24. The monoisotopic (exact) mass is 423 g/mol. The molecule has 0 saturated carbocycles. The smallest absolute Gasteiger partial charge is 0.409 e. The van der Waals surface area contributed by atoms with Crippen LogP contribution >= 0.6 is 23.4 Å². The molecule has 1 aromatic carbocycles. The highest BCUT2D eigenvalue weighted by Gasteiger charge is 2.23. The number of nitrogens with zero attached hydrogens (tertiary/aromatic N) is 5. The molecule has 0 N–H and O–H groups in total. The van der Waals surface area contributed by atoms with Crippen molar-refractivity contribution in [3.63, 3.8) is 0 Å². The van der Waals surface area contributed by atoms with Gasteiger partial charge in [0.1, 0.15) is 6.33 Å². The summed E-state index contributed by atoms with van der Waals surface area (Å²) >= 11 is 7.54. The highest BCUT2D eigenvalue weighted by molar-refractivity contribution is 7.99. The van der Waals surface area contributed by atoms with Crippen LogP contribution in [0.1, 0.15) is 12.0 Å². The zero-order valence-electron chi connectivity index (χ0n) is 15.8. The molecule has 0 bridgehead atoms. The van der Waals surface area contributed by atoms with Crippen LogP contribution < -0.4 is 0 Å². The molecule has 1 aliphatic heterocycles. The molecule has 10 heteroatoms. The van der Waals surface area contributed by atoms with Crippen LogP contribution in [0.25, 0.3) is 5.69 Å². The van der Waals surface area contributed by atoms with Crippen molar-refractivity contribution in [2.75, 3.05) is 39.0 Å². The van der Waals surface area contributed by atoms with Crippen LogP contribution in [-0.4, -0.2) is 75.6 Å². The van der Waals surface area contributed by atoms with E-state index < -0.39 is 0 Å². The number of aromatic nitrogens is 3. The van der Waals surface area contributed by atoms with Crippen molar-refractivity contribution in [3.8, 4) is 5.69 Å². The minimum Gasteiger partial charge on any atom is -0.453 e. The van der Waals surface area contributed by atoms with Crippen molar-refractivity contribution in [3.05, 3.63) is 35.1 Å². The Kier molecular flexibility index (Phi) is 6.79. The summed E-state index contributed by atoms with van der Waals surface area (Å²) < 4.78 is 6.57. The van der Waals surface area contributed by atoms with Gasteiger partial charge < -0.3 is 14.5 Å².